The van der Waals surface area contributed by atoms with E-state index < -0.39 is 6.10 Å². The molecule has 3 nitrogen and oxygen atoms in total. The van der Waals surface area contributed by atoms with Crippen molar-refractivity contribution in [2.45, 2.75) is 26.1 Å². The van der Waals surface area contributed by atoms with E-state index in [4.69, 9.17) is 9.47 Å². The van der Waals surface area contributed by atoms with E-state index in [1.165, 1.54) is 0 Å². The van der Waals surface area contributed by atoms with E-state index in [9.17, 15) is 5.11 Å². The van der Waals surface area contributed by atoms with Crippen molar-refractivity contribution in [1.82, 2.24) is 0 Å². The van der Waals surface area contributed by atoms with E-state index in [1.807, 2.05) is 44.2 Å². The van der Waals surface area contributed by atoms with E-state index >= 15 is 0 Å². The van der Waals surface area contributed by atoms with Gasteiger partial charge in [-0.15, -0.1) is 0 Å². The van der Waals surface area contributed by atoms with Crippen molar-refractivity contribution in [3.8, 4) is 0 Å². The number of benzene rings is 1. The zero-order valence-electron chi connectivity index (χ0n) is 9.93. The second kappa shape index (κ2) is 7.39. The molecule has 1 aromatic carbocycles. The van der Waals surface area contributed by atoms with Gasteiger partial charge in [-0.25, -0.2) is 0 Å². The van der Waals surface area contributed by atoms with Gasteiger partial charge in [0.25, 0.3) is 0 Å². The molecular weight excluding hydrogens is 204 g/mol. The zero-order chi connectivity index (χ0) is 11.8. The number of hydrogen-bond donors (Lipinski definition) is 1. The van der Waals surface area contributed by atoms with Gasteiger partial charge < -0.3 is 14.6 Å². The minimum absolute atomic E-state index is 0.0123. The fraction of sp³-hybridized carbons (Fsp3) is 0.538. The number of hydrogen-bond acceptors (Lipinski definition) is 3. The molecule has 0 bridgehead atoms. The number of ether oxygens (including phenoxy) is 2. The first-order valence-corrected chi connectivity index (χ1v) is 5.66. The van der Waals surface area contributed by atoms with E-state index in [-0.39, 0.29) is 6.10 Å². The molecule has 1 rings (SSSR count). The van der Waals surface area contributed by atoms with Crippen molar-refractivity contribution >= 4 is 0 Å². The molecule has 0 aromatic heterocycles. The normalized spacial score (nSPS) is 14.7. The first-order valence-electron chi connectivity index (χ1n) is 5.66. The van der Waals surface area contributed by atoms with Crippen LogP contribution in [-0.2, 0) is 9.47 Å². The molecule has 0 saturated heterocycles. The highest BCUT2D eigenvalue weighted by molar-refractivity contribution is 5.17. The minimum atomic E-state index is -0.565. The van der Waals surface area contributed by atoms with Gasteiger partial charge in [0.05, 0.1) is 19.3 Å². The molecule has 0 amide bonds. The van der Waals surface area contributed by atoms with Gasteiger partial charge in [-0.3, -0.25) is 0 Å². The maximum absolute atomic E-state index is 9.83. The average Bonchev–Trinajstić information content (AvgIpc) is 2.34. The molecule has 0 heterocycles. The van der Waals surface area contributed by atoms with Crippen LogP contribution in [0.3, 0.4) is 0 Å². The Morgan fingerprint density at radius 2 is 1.88 bits per heavy atom. The summed E-state index contributed by atoms with van der Waals surface area (Å²) in [6.45, 7) is 5.45. The van der Waals surface area contributed by atoms with Crippen LogP contribution in [0.4, 0.5) is 0 Å². The highest BCUT2D eigenvalue weighted by Crippen LogP contribution is 2.12. The zero-order valence-corrected chi connectivity index (χ0v) is 9.93. The van der Waals surface area contributed by atoms with Gasteiger partial charge in [0.15, 0.2) is 0 Å². The maximum atomic E-state index is 9.83. The molecule has 16 heavy (non-hydrogen) atoms. The largest absolute Gasteiger partial charge is 0.386 e. The highest BCUT2D eigenvalue weighted by atomic mass is 16.5. The Labute approximate surface area is 97.0 Å². The Morgan fingerprint density at radius 3 is 2.50 bits per heavy atom. The molecule has 3 heteroatoms. The molecule has 90 valence electrons. The topological polar surface area (TPSA) is 38.7 Å². The summed E-state index contributed by atoms with van der Waals surface area (Å²) in [6, 6.07) is 9.52. The predicted octanol–water partition coefficient (Wildman–Crippen LogP) is 2.16. The third kappa shape index (κ3) is 4.75. The predicted molar refractivity (Wildman–Crippen MR) is 63.3 cm³/mol. The van der Waals surface area contributed by atoms with Gasteiger partial charge in [-0.2, -0.15) is 0 Å². The fourth-order valence-electron chi connectivity index (χ4n) is 1.36. The quantitative estimate of drug-likeness (QED) is 0.771. The van der Waals surface area contributed by atoms with Gasteiger partial charge in [0.2, 0.25) is 0 Å². The summed E-state index contributed by atoms with van der Waals surface area (Å²) in [5.74, 6) is 0. The Balaban J connectivity index is 2.27. The van der Waals surface area contributed by atoms with Crippen LogP contribution in [0.25, 0.3) is 0 Å². The third-order valence-electron chi connectivity index (χ3n) is 2.28. The highest BCUT2D eigenvalue weighted by Gasteiger charge is 2.09. The first-order chi connectivity index (χ1) is 7.74. The van der Waals surface area contributed by atoms with Gasteiger partial charge in [0, 0.05) is 6.61 Å². The van der Waals surface area contributed by atoms with Crippen LogP contribution in [0, 0.1) is 0 Å². The monoisotopic (exact) mass is 224 g/mol. The number of aliphatic hydroxyl groups is 1. The lowest BCUT2D eigenvalue weighted by atomic mass is 10.1. The standard InChI is InChI=1S/C13H20O3/c1-3-15-9-11(2)16-10-13(14)12-7-5-4-6-8-12/h4-8,11,13-14H,3,9-10H2,1-2H3. The molecule has 2 unspecified atom stereocenters. The molecular formula is C13H20O3. The van der Waals surface area contributed by atoms with Crippen LogP contribution in [0.1, 0.15) is 25.5 Å². The Morgan fingerprint density at radius 1 is 1.19 bits per heavy atom. The first kappa shape index (κ1) is 13.2. The van der Waals surface area contributed by atoms with Crippen LogP contribution in [-0.4, -0.2) is 31.0 Å². The lowest BCUT2D eigenvalue weighted by molar-refractivity contribution is -0.0395. The van der Waals surface area contributed by atoms with Crippen LogP contribution in [0.5, 0.6) is 0 Å². The number of aliphatic hydroxyl groups excluding tert-OH is 1. The van der Waals surface area contributed by atoms with Gasteiger partial charge >= 0.3 is 0 Å². The molecule has 0 fully saturated rings. The molecule has 2 atom stereocenters. The van der Waals surface area contributed by atoms with Crippen molar-refractivity contribution in [3.05, 3.63) is 35.9 Å². The minimum Gasteiger partial charge on any atom is -0.386 e. The van der Waals surface area contributed by atoms with Crippen molar-refractivity contribution in [2.24, 2.45) is 0 Å². The lowest BCUT2D eigenvalue weighted by Gasteiger charge is -2.16. The maximum Gasteiger partial charge on any atom is 0.102 e. The molecule has 1 N–H and O–H groups in total. The van der Waals surface area contributed by atoms with Gasteiger partial charge in [-0.05, 0) is 19.4 Å². The van der Waals surface area contributed by atoms with Crippen LogP contribution >= 0.6 is 0 Å². The second-order valence-corrected chi connectivity index (χ2v) is 3.73. The van der Waals surface area contributed by atoms with Crippen LogP contribution in [0.2, 0.25) is 0 Å². The molecule has 0 saturated carbocycles. The summed E-state index contributed by atoms with van der Waals surface area (Å²) in [5, 5.41) is 9.83. The fourth-order valence-corrected chi connectivity index (χ4v) is 1.36. The van der Waals surface area contributed by atoms with Crippen molar-refractivity contribution in [2.75, 3.05) is 19.8 Å². The summed E-state index contributed by atoms with van der Waals surface area (Å²) in [6.07, 6.45) is -0.552. The van der Waals surface area contributed by atoms with Crippen molar-refractivity contribution in [3.63, 3.8) is 0 Å². The van der Waals surface area contributed by atoms with Crippen LogP contribution in [0.15, 0.2) is 30.3 Å². The van der Waals surface area contributed by atoms with Gasteiger partial charge in [-0.1, -0.05) is 30.3 Å². The van der Waals surface area contributed by atoms with Crippen molar-refractivity contribution < 1.29 is 14.6 Å². The van der Waals surface area contributed by atoms with E-state index in [0.717, 1.165) is 5.56 Å². The smallest absolute Gasteiger partial charge is 0.102 e. The Bertz CT molecular complexity index is 274. The number of rotatable bonds is 7. The molecule has 0 radical (unpaired) electrons. The Kier molecular flexibility index (Phi) is 6.08. The molecule has 1 aromatic rings. The molecule has 0 aliphatic heterocycles. The third-order valence-corrected chi connectivity index (χ3v) is 2.28. The summed E-state index contributed by atoms with van der Waals surface area (Å²) >= 11 is 0. The Hall–Kier alpha value is -0.900. The molecule has 0 aliphatic rings. The van der Waals surface area contributed by atoms with E-state index in [1.54, 1.807) is 0 Å². The van der Waals surface area contributed by atoms with Crippen molar-refractivity contribution in [1.29, 1.82) is 0 Å². The van der Waals surface area contributed by atoms with E-state index in [0.29, 0.717) is 19.8 Å². The van der Waals surface area contributed by atoms with E-state index in [2.05, 4.69) is 0 Å². The lowest BCUT2D eigenvalue weighted by Crippen LogP contribution is -2.19. The summed E-state index contributed by atoms with van der Waals surface area (Å²) in [7, 11) is 0. The second-order valence-electron chi connectivity index (χ2n) is 3.73. The summed E-state index contributed by atoms with van der Waals surface area (Å²) in [4.78, 5) is 0. The SMILES string of the molecule is CCOCC(C)OCC(O)c1ccccc1. The average molecular weight is 224 g/mol. The molecule has 0 aliphatic carbocycles. The summed E-state index contributed by atoms with van der Waals surface area (Å²) in [5.41, 5.74) is 0.881. The van der Waals surface area contributed by atoms with Gasteiger partial charge in [0.1, 0.15) is 6.10 Å². The summed E-state index contributed by atoms with van der Waals surface area (Å²) < 4.78 is 10.7. The van der Waals surface area contributed by atoms with Crippen LogP contribution < -0.4 is 0 Å². The molecule has 0 spiro atoms.